The number of nitrogens with one attached hydrogen (secondary N) is 1. The van der Waals surface area contributed by atoms with E-state index in [0.717, 1.165) is 17.5 Å². The molecule has 3 aromatic rings. The van der Waals surface area contributed by atoms with Crippen molar-refractivity contribution in [2.45, 2.75) is 39.8 Å². The summed E-state index contributed by atoms with van der Waals surface area (Å²) in [5, 5.41) is 6.81. The highest BCUT2D eigenvalue weighted by Crippen LogP contribution is 2.20. The van der Waals surface area contributed by atoms with Gasteiger partial charge in [-0.1, -0.05) is 41.9 Å². The van der Waals surface area contributed by atoms with E-state index in [9.17, 15) is 9.59 Å². The SMILES string of the molecule is CC[C@H](C)NC(=O)Cn1cccc(-c2nc(-c3ccc(C)cc3)no2)c1=O. The van der Waals surface area contributed by atoms with Crippen LogP contribution in [0.2, 0.25) is 0 Å². The van der Waals surface area contributed by atoms with Crippen molar-refractivity contribution in [1.82, 2.24) is 20.0 Å². The summed E-state index contributed by atoms with van der Waals surface area (Å²) in [5.41, 5.74) is 1.85. The zero-order valence-corrected chi connectivity index (χ0v) is 15.6. The zero-order chi connectivity index (χ0) is 19.4. The minimum Gasteiger partial charge on any atom is -0.352 e. The quantitative estimate of drug-likeness (QED) is 0.724. The lowest BCUT2D eigenvalue weighted by molar-refractivity contribution is -0.122. The van der Waals surface area contributed by atoms with E-state index in [1.165, 1.54) is 4.57 Å². The van der Waals surface area contributed by atoms with E-state index in [1.54, 1.807) is 18.3 Å². The summed E-state index contributed by atoms with van der Waals surface area (Å²) in [4.78, 5) is 29.1. The number of hydrogen-bond donors (Lipinski definition) is 1. The van der Waals surface area contributed by atoms with Crippen LogP contribution in [-0.2, 0) is 11.3 Å². The maximum absolute atomic E-state index is 12.7. The van der Waals surface area contributed by atoms with Crippen molar-refractivity contribution in [1.29, 1.82) is 0 Å². The molecule has 0 unspecified atom stereocenters. The van der Waals surface area contributed by atoms with Gasteiger partial charge in [-0.15, -0.1) is 0 Å². The molecule has 0 radical (unpaired) electrons. The van der Waals surface area contributed by atoms with Crippen LogP contribution in [0.15, 0.2) is 51.9 Å². The number of aromatic nitrogens is 3. The molecule has 1 atom stereocenters. The summed E-state index contributed by atoms with van der Waals surface area (Å²) in [7, 11) is 0. The molecule has 3 rings (SSSR count). The van der Waals surface area contributed by atoms with Gasteiger partial charge in [-0.05, 0) is 32.4 Å². The maximum atomic E-state index is 12.7. The Balaban J connectivity index is 1.85. The van der Waals surface area contributed by atoms with E-state index in [4.69, 9.17) is 4.52 Å². The van der Waals surface area contributed by atoms with Gasteiger partial charge in [0.1, 0.15) is 12.1 Å². The first-order valence-corrected chi connectivity index (χ1v) is 8.88. The number of hydrogen-bond acceptors (Lipinski definition) is 5. The monoisotopic (exact) mass is 366 g/mol. The van der Waals surface area contributed by atoms with Crippen molar-refractivity contribution >= 4 is 5.91 Å². The molecule has 1 aromatic carbocycles. The van der Waals surface area contributed by atoms with Gasteiger partial charge in [0.05, 0.1) is 0 Å². The van der Waals surface area contributed by atoms with Crippen LogP contribution in [0.1, 0.15) is 25.8 Å². The molecule has 0 bridgehead atoms. The van der Waals surface area contributed by atoms with Gasteiger partial charge in [-0.2, -0.15) is 4.98 Å². The Morgan fingerprint density at radius 2 is 2.00 bits per heavy atom. The molecule has 27 heavy (non-hydrogen) atoms. The van der Waals surface area contributed by atoms with Crippen molar-refractivity contribution in [3.63, 3.8) is 0 Å². The maximum Gasteiger partial charge on any atom is 0.263 e. The summed E-state index contributed by atoms with van der Waals surface area (Å²) in [6.07, 6.45) is 2.39. The lowest BCUT2D eigenvalue weighted by atomic mass is 10.1. The van der Waals surface area contributed by atoms with Crippen LogP contribution in [0.25, 0.3) is 22.8 Å². The highest BCUT2D eigenvalue weighted by Gasteiger charge is 2.16. The first-order chi connectivity index (χ1) is 13.0. The lowest BCUT2D eigenvalue weighted by Gasteiger charge is -2.12. The Labute approximate surface area is 157 Å². The van der Waals surface area contributed by atoms with Crippen LogP contribution < -0.4 is 10.9 Å². The molecule has 2 aromatic heterocycles. The van der Waals surface area contributed by atoms with Crippen molar-refractivity contribution < 1.29 is 9.32 Å². The largest absolute Gasteiger partial charge is 0.352 e. The predicted octanol–water partition coefficient (Wildman–Crippen LogP) is 2.79. The molecule has 7 heteroatoms. The first-order valence-electron chi connectivity index (χ1n) is 8.88. The number of carbonyl (C=O) groups is 1. The Morgan fingerprint density at radius 1 is 1.26 bits per heavy atom. The highest BCUT2D eigenvalue weighted by molar-refractivity contribution is 5.76. The molecule has 0 saturated carbocycles. The molecular weight excluding hydrogens is 344 g/mol. The van der Waals surface area contributed by atoms with E-state index in [1.807, 2.05) is 45.0 Å². The van der Waals surface area contributed by atoms with Gasteiger partial charge in [0.25, 0.3) is 11.4 Å². The van der Waals surface area contributed by atoms with Crippen LogP contribution in [0, 0.1) is 6.92 Å². The number of rotatable bonds is 6. The first kappa shape index (κ1) is 18.6. The van der Waals surface area contributed by atoms with Crippen LogP contribution in [0.4, 0.5) is 0 Å². The van der Waals surface area contributed by atoms with Gasteiger partial charge < -0.3 is 14.4 Å². The van der Waals surface area contributed by atoms with E-state index < -0.39 is 0 Å². The Bertz CT molecular complexity index is 989. The molecule has 0 aliphatic carbocycles. The zero-order valence-electron chi connectivity index (χ0n) is 15.6. The summed E-state index contributed by atoms with van der Waals surface area (Å²) in [5.74, 6) is 0.330. The molecule has 1 N–H and O–H groups in total. The molecule has 0 saturated heterocycles. The summed E-state index contributed by atoms with van der Waals surface area (Å²) in [6.45, 7) is 5.84. The highest BCUT2D eigenvalue weighted by atomic mass is 16.5. The van der Waals surface area contributed by atoms with Crippen LogP contribution in [-0.4, -0.2) is 26.7 Å². The average molecular weight is 366 g/mol. The molecule has 0 aliphatic rings. The van der Waals surface area contributed by atoms with Gasteiger partial charge in [0.2, 0.25) is 11.7 Å². The standard InChI is InChI=1S/C20H22N4O3/c1-4-14(3)21-17(25)12-24-11-5-6-16(20(24)26)19-22-18(23-27-19)15-9-7-13(2)8-10-15/h5-11,14H,4,12H2,1-3H3,(H,21,25)/t14-/m0/s1. The van der Waals surface area contributed by atoms with Gasteiger partial charge in [0, 0.05) is 17.8 Å². The van der Waals surface area contributed by atoms with Crippen molar-refractivity contribution in [2.75, 3.05) is 0 Å². The van der Waals surface area contributed by atoms with E-state index in [0.29, 0.717) is 5.82 Å². The summed E-state index contributed by atoms with van der Waals surface area (Å²) in [6, 6.07) is 11.1. The second-order valence-corrected chi connectivity index (χ2v) is 6.52. The molecule has 7 nitrogen and oxygen atoms in total. The lowest BCUT2D eigenvalue weighted by Crippen LogP contribution is -2.37. The second kappa shape index (κ2) is 7.99. The third kappa shape index (κ3) is 4.31. The molecule has 0 aliphatic heterocycles. The Hall–Kier alpha value is -3.22. The van der Waals surface area contributed by atoms with Gasteiger partial charge >= 0.3 is 0 Å². The predicted molar refractivity (Wildman–Crippen MR) is 102 cm³/mol. The number of aryl methyl sites for hydroxylation is 1. The van der Waals surface area contributed by atoms with E-state index in [2.05, 4.69) is 15.5 Å². The topological polar surface area (TPSA) is 90.0 Å². The molecule has 2 heterocycles. The molecule has 1 amide bonds. The minimum absolute atomic E-state index is 0.0596. The van der Waals surface area contributed by atoms with Gasteiger partial charge in [-0.3, -0.25) is 9.59 Å². The van der Waals surface area contributed by atoms with Crippen LogP contribution in [0.5, 0.6) is 0 Å². The number of carbonyl (C=O) groups excluding carboxylic acids is 1. The van der Waals surface area contributed by atoms with Gasteiger partial charge in [-0.25, -0.2) is 0 Å². The van der Waals surface area contributed by atoms with E-state index >= 15 is 0 Å². The van der Waals surface area contributed by atoms with Crippen molar-refractivity contribution in [2.24, 2.45) is 0 Å². The number of nitrogens with zero attached hydrogens (tertiary/aromatic N) is 3. The number of amides is 1. The average Bonchev–Trinajstić information content (AvgIpc) is 3.13. The molecule has 0 spiro atoms. The van der Waals surface area contributed by atoms with Crippen molar-refractivity contribution in [3.05, 3.63) is 58.5 Å². The third-order valence-electron chi connectivity index (χ3n) is 4.32. The normalized spacial score (nSPS) is 12.0. The third-order valence-corrected chi connectivity index (χ3v) is 4.32. The molecule has 140 valence electrons. The fourth-order valence-corrected chi connectivity index (χ4v) is 2.55. The van der Waals surface area contributed by atoms with E-state index in [-0.39, 0.29) is 35.5 Å². The summed E-state index contributed by atoms with van der Waals surface area (Å²) < 4.78 is 6.62. The fraction of sp³-hybridized carbons (Fsp3) is 0.300. The van der Waals surface area contributed by atoms with Crippen molar-refractivity contribution in [3.8, 4) is 22.8 Å². The van der Waals surface area contributed by atoms with Gasteiger partial charge in [0.15, 0.2) is 0 Å². The fourth-order valence-electron chi connectivity index (χ4n) is 2.55. The molecule has 0 fully saturated rings. The Kier molecular flexibility index (Phi) is 5.49. The smallest absolute Gasteiger partial charge is 0.263 e. The second-order valence-electron chi connectivity index (χ2n) is 6.52. The minimum atomic E-state index is -0.351. The molecular formula is C20H22N4O3. The van der Waals surface area contributed by atoms with Crippen LogP contribution in [0.3, 0.4) is 0 Å². The number of pyridine rings is 1. The number of benzene rings is 1. The van der Waals surface area contributed by atoms with Crippen LogP contribution >= 0.6 is 0 Å². The summed E-state index contributed by atoms with van der Waals surface area (Å²) >= 11 is 0. The Morgan fingerprint density at radius 3 is 2.70 bits per heavy atom.